The molecule has 20 heavy (non-hydrogen) atoms. The number of aryl methyl sites for hydroxylation is 2. The number of aromatic hydroxyl groups is 1. The van der Waals surface area contributed by atoms with Crippen molar-refractivity contribution in [2.75, 3.05) is 5.88 Å². The standard InChI is InChI=1S/C16H15ClO2S/c1-11-2-4-14(20-11)5-7-16(19)12-3-6-15(18)13(10-12)8-9-17/h2-7,10,18H,8-9H2,1H3. The van der Waals surface area contributed by atoms with Gasteiger partial charge in [0.05, 0.1) is 0 Å². The Morgan fingerprint density at radius 1 is 1.35 bits per heavy atom. The number of allylic oxidation sites excluding steroid dienone is 1. The van der Waals surface area contributed by atoms with E-state index in [1.165, 1.54) is 10.9 Å². The van der Waals surface area contributed by atoms with Crippen LogP contribution in [0.15, 0.2) is 36.4 Å². The molecule has 1 aromatic heterocycles. The second-order valence-electron chi connectivity index (χ2n) is 4.43. The molecule has 0 aliphatic carbocycles. The molecule has 0 radical (unpaired) electrons. The second-order valence-corrected chi connectivity index (χ2v) is 6.13. The third-order valence-electron chi connectivity index (χ3n) is 2.89. The lowest BCUT2D eigenvalue weighted by atomic mass is 10.0. The number of benzene rings is 1. The number of carbonyl (C=O) groups excluding carboxylic acids is 1. The number of halogens is 1. The minimum Gasteiger partial charge on any atom is -0.508 e. The fourth-order valence-corrected chi connectivity index (χ4v) is 2.82. The van der Waals surface area contributed by atoms with E-state index in [0.29, 0.717) is 23.4 Å². The molecule has 1 heterocycles. The molecule has 0 aliphatic heterocycles. The van der Waals surface area contributed by atoms with Crippen LogP contribution in [0.4, 0.5) is 0 Å². The third kappa shape index (κ3) is 3.71. The topological polar surface area (TPSA) is 37.3 Å². The highest BCUT2D eigenvalue weighted by Crippen LogP contribution is 2.21. The van der Waals surface area contributed by atoms with E-state index in [9.17, 15) is 9.90 Å². The van der Waals surface area contributed by atoms with E-state index in [4.69, 9.17) is 11.6 Å². The Kier molecular flexibility index (Phi) is 4.99. The number of hydrogen-bond donors (Lipinski definition) is 1. The van der Waals surface area contributed by atoms with Crippen LogP contribution in [-0.4, -0.2) is 16.8 Å². The van der Waals surface area contributed by atoms with Crippen LogP contribution in [0, 0.1) is 6.92 Å². The molecule has 0 aliphatic rings. The minimum absolute atomic E-state index is 0.0770. The maximum Gasteiger partial charge on any atom is 0.185 e. The molecule has 0 fully saturated rings. The average molecular weight is 307 g/mol. The summed E-state index contributed by atoms with van der Waals surface area (Å²) in [4.78, 5) is 14.4. The van der Waals surface area contributed by atoms with Crippen molar-refractivity contribution in [2.45, 2.75) is 13.3 Å². The van der Waals surface area contributed by atoms with Gasteiger partial charge < -0.3 is 5.11 Å². The first-order valence-corrected chi connectivity index (χ1v) is 7.62. The van der Waals surface area contributed by atoms with Crippen LogP contribution in [0.2, 0.25) is 0 Å². The summed E-state index contributed by atoms with van der Waals surface area (Å²) in [5.74, 6) is 0.516. The van der Waals surface area contributed by atoms with E-state index in [2.05, 4.69) is 0 Å². The summed E-state index contributed by atoms with van der Waals surface area (Å²) in [6.07, 6.45) is 3.92. The van der Waals surface area contributed by atoms with Crippen molar-refractivity contribution in [3.63, 3.8) is 0 Å². The summed E-state index contributed by atoms with van der Waals surface area (Å²) in [5, 5.41) is 9.67. The number of hydrogen-bond acceptors (Lipinski definition) is 3. The summed E-state index contributed by atoms with van der Waals surface area (Å²) in [6, 6.07) is 8.87. The molecule has 0 amide bonds. The second kappa shape index (κ2) is 6.73. The molecule has 0 bridgehead atoms. The average Bonchev–Trinajstić information content (AvgIpc) is 2.84. The molecule has 0 atom stereocenters. The van der Waals surface area contributed by atoms with Gasteiger partial charge in [-0.15, -0.1) is 22.9 Å². The van der Waals surface area contributed by atoms with Crippen LogP contribution >= 0.6 is 22.9 Å². The quantitative estimate of drug-likeness (QED) is 0.504. The van der Waals surface area contributed by atoms with E-state index in [1.54, 1.807) is 29.5 Å². The monoisotopic (exact) mass is 306 g/mol. The molecule has 2 nitrogen and oxygen atoms in total. The minimum atomic E-state index is -0.0770. The van der Waals surface area contributed by atoms with Gasteiger partial charge in [0.25, 0.3) is 0 Å². The van der Waals surface area contributed by atoms with Gasteiger partial charge >= 0.3 is 0 Å². The van der Waals surface area contributed by atoms with E-state index in [1.807, 2.05) is 25.1 Å². The fraction of sp³-hybridized carbons (Fsp3) is 0.188. The molecule has 1 N–H and O–H groups in total. The van der Waals surface area contributed by atoms with E-state index in [-0.39, 0.29) is 11.5 Å². The Balaban J connectivity index is 2.16. The lowest BCUT2D eigenvalue weighted by Gasteiger charge is -2.04. The van der Waals surface area contributed by atoms with Crippen LogP contribution in [0.1, 0.15) is 25.7 Å². The Bertz CT molecular complexity index is 644. The first-order chi connectivity index (χ1) is 9.60. The number of rotatable bonds is 5. The van der Waals surface area contributed by atoms with Crippen LogP contribution in [-0.2, 0) is 6.42 Å². The van der Waals surface area contributed by atoms with Crippen molar-refractivity contribution >= 4 is 34.8 Å². The Morgan fingerprint density at radius 2 is 2.15 bits per heavy atom. The van der Waals surface area contributed by atoms with Gasteiger partial charge in [0.1, 0.15) is 5.75 Å². The molecule has 0 saturated heterocycles. The highest BCUT2D eigenvalue weighted by Gasteiger charge is 2.07. The number of carbonyl (C=O) groups is 1. The number of thiophene rings is 1. The molecule has 0 unspecified atom stereocenters. The van der Waals surface area contributed by atoms with E-state index >= 15 is 0 Å². The van der Waals surface area contributed by atoms with Crippen molar-refractivity contribution in [3.8, 4) is 5.75 Å². The van der Waals surface area contributed by atoms with Crippen LogP contribution in [0.25, 0.3) is 6.08 Å². The predicted octanol–water partition coefficient (Wildman–Crippen LogP) is 4.44. The van der Waals surface area contributed by atoms with Crippen molar-refractivity contribution < 1.29 is 9.90 Å². The van der Waals surface area contributed by atoms with Crippen molar-refractivity contribution in [1.82, 2.24) is 0 Å². The summed E-state index contributed by atoms with van der Waals surface area (Å²) in [5.41, 5.74) is 1.26. The molecular formula is C16H15ClO2S. The summed E-state index contributed by atoms with van der Waals surface area (Å²) < 4.78 is 0. The van der Waals surface area contributed by atoms with E-state index < -0.39 is 0 Å². The van der Waals surface area contributed by atoms with Gasteiger partial charge in [-0.2, -0.15) is 0 Å². The van der Waals surface area contributed by atoms with Crippen LogP contribution < -0.4 is 0 Å². The van der Waals surface area contributed by atoms with Crippen LogP contribution in [0.3, 0.4) is 0 Å². The van der Waals surface area contributed by atoms with Gasteiger partial charge in [0.2, 0.25) is 0 Å². The summed E-state index contributed by atoms with van der Waals surface area (Å²) in [6.45, 7) is 2.03. The Hall–Kier alpha value is -1.58. The van der Waals surface area contributed by atoms with Gasteiger partial charge in [0, 0.05) is 21.2 Å². The molecule has 0 spiro atoms. The third-order valence-corrected chi connectivity index (χ3v) is 4.04. The number of phenols is 1. The van der Waals surface area contributed by atoms with Crippen LogP contribution in [0.5, 0.6) is 5.75 Å². The maximum absolute atomic E-state index is 12.1. The molecule has 0 saturated carbocycles. The van der Waals surface area contributed by atoms with Gasteiger partial charge in [0.15, 0.2) is 5.78 Å². The first-order valence-electron chi connectivity index (χ1n) is 6.27. The Labute approximate surface area is 127 Å². The van der Waals surface area contributed by atoms with Crippen molar-refractivity contribution in [1.29, 1.82) is 0 Å². The number of phenolic OH excluding ortho intramolecular Hbond substituents is 1. The van der Waals surface area contributed by atoms with Gasteiger partial charge in [-0.3, -0.25) is 4.79 Å². The zero-order chi connectivity index (χ0) is 14.5. The first kappa shape index (κ1) is 14.8. The number of ketones is 1. The molecule has 1 aromatic carbocycles. The Morgan fingerprint density at radius 3 is 2.80 bits per heavy atom. The van der Waals surface area contributed by atoms with Crippen molar-refractivity contribution in [3.05, 3.63) is 57.3 Å². The fourth-order valence-electron chi connectivity index (χ4n) is 1.84. The highest BCUT2D eigenvalue weighted by atomic mass is 35.5. The highest BCUT2D eigenvalue weighted by molar-refractivity contribution is 7.12. The predicted molar refractivity (Wildman–Crippen MR) is 85.0 cm³/mol. The lowest BCUT2D eigenvalue weighted by Crippen LogP contribution is -1.97. The summed E-state index contributed by atoms with van der Waals surface area (Å²) in [7, 11) is 0. The van der Waals surface area contributed by atoms with E-state index in [0.717, 1.165) is 4.88 Å². The van der Waals surface area contributed by atoms with Gasteiger partial charge in [-0.25, -0.2) is 0 Å². The summed E-state index contributed by atoms with van der Waals surface area (Å²) >= 11 is 7.32. The van der Waals surface area contributed by atoms with Gasteiger partial charge in [-0.1, -0.05) is 0 Å². The largest absolute Gasteiger partial charge is 0.508 e. The SMILES string of the molecule is Cc1ccc(C=CC(=O)c2ccc(O)c(CCCl)c2)s1. The lowest BCUT2D eigenvalue weighted by molar-refractivity contribution is 0.104. The van der Waals surface area contributed by atoms with Crippen molar-refractivity contribution in [2.24, 2.45) is 0 Å². The zero-order valence-corrected chi connectivity index (χ0v) is 12.7. The molecule has 104 valence electrons. The zero-order valence-electron chi connectivity index (χ0n) is 11.1. The molecular weight excluding hydrogens is 292 g/mol. The molecule has 2 rings (SSSR count). The molecule has 2 aromatic rings. The van der Waals surface area contributed by atoms with Gasteiger partial charge in [-0.05, 0) is 61.4 Å². The molecule has 4 heteroatoms. The normalized spacial score (nSPS) is 11.1. The smallest absolute Gasteiger partial charge is 0.185 e. The maximum atomic E-state index is 12.1. The number of alkyl halides is 1.